The summed E-state index contributed by atoms with van der Waals surface area (Å²) in [7, 11) is 0. The van der Waals surface area contributed by atoms with Gasteiger partial charge >= 0.3 is 6.01 Å². The third-order valence-corrected chi connectivity index (χ3v) is 4.53. The zero-order chi connectivity index (χ0) is 17.6. The number of halogens is 1. The van der Waals surface area contributed by atoms with E-state index in [-0.39, 0.29) is 11.9 Å². The molecule has 1 aromatic heterocycles. The van der Waals surface area contributed by atoms with Gasteiger partial charge in [0.05, 0.1) is 6.42 Å². The van der Waals surface area contributed by atoms with Gasteiger partial charge in [0.25, 0.3) is 5.91 Å². The number of nitrogens with zero attached hydrogens (tertiary/aromatic N) is 2. The van der Waals surface area contributed by atoms with Gasteiger partial charge < -0.3 is 4.42 Å². The van der Waals surface area contributed by atoms with Crippen molar-refractivity contribution in [2.24, 2.45) is 0 Å². The summed E-state index contributed by atoms with van der Waals surface area (Å²) in [4.78, 5) is 13.3. The van der Waals surface area contributed by atoms with Crippen LogP contribution in [-0.2, 0) is 6.42 Å². The van der Waals surface area contributed by atoms with E-state index in [0.717, 1.165) is 11.3 Å². The summed E-state index contributed by atoms with van der Waals surface area (Å²) in [6, 6.07) is 14.9. The second kappa shape index (κ2) is 8.18. The number of thioether (sulfide) groups is 1. The maximum atomic E-state index is 12.1. The quantitative estimate of drug-likeness (QED) is 0.635. The summed E-state index contributed by atoms with van der Waals surface area (Å²) in [6.07, 6.45) is 0.515. The molecule has 1 N–H and O–H groups in total. The lowest BCUT2D eigenvalue weighted by Crippen LogP contribution is -2.11. The second-order valence-electron chi connectivity index (χ2n) is 5.22. The molecule has 3 rings (SSSR count). The van der Waals surface area contributed by atoms with Gasteiger partial charge in [0.15, 0.2) is 0 Å². The number of carbonyl (C=O) groups excluding carboxylic acids is 1. The van der Waals surface area contributed by atoms with Gasteiger partial charge in [-0.3, -0.25) is 10.1 Å². The number of aromatic nitrogens is 2. The van der Waals surface area contributed by atoms with Crippen LogP contribution in [0.3, 0.4) is 0 Å². The van der Waals surface area contributed by atoms with E-state index in [4.69, 9.17) is 16.0 Å². The molecule has 0 unspecified atom stereocenters. The maximum Gasteiger partial charge on any atom is 0.322 e. The maximum absolute atomic E-state index is 12.1. The zero-order valence-electron chi connectivity index (χ0n) is 13.5. The van der Waals surface area contributed by atoms with Crippen LogP contribution < -0.4 is 5.32 Å². The monoisotopic (exact) mass is 373 g/mol. The zero-order valence-corrected chi connectivity index (χ0v) is 15.1. The Kier molecular flexibility index (Phi) is 5.73. The highest BCUT2D eigenvalue weighted by Gasteiger charge is 2.12. The van der Waals surface area contributed by atoms with E-state index in [0.29, 0.717) is 22.9 Å². The summed E-state index contributed by atoms with van der Waals surface area (Å²) in [5.74, 6) is 1.16. The number of hydrogen-bond donors (Lipinski definition) is 1. The molecule has 7 heteroatoms. The topological polar surface area (TPSA) is 68.0 Å². The predicted octanol–water partition coefficient (Wildman–Crippen LogP) is 4.68. The highest BCUT2D eigenvalue weighted by molar-refractivity contribution is 7.99. The molecule has 0 atom stereocenters. The molecule has 128 valence electrons. The Bertz CT molecular complexity index is 848. The van der Waals surface area contributed by atoms with Crippen LogP contribution in [0.1, 0.15) is 28.7 Å². The molecule has 0 aliphatic heterocycles. The van der Waals surface area contributed by atoms with E-state index < -0.39 is 0 Å². The second-order valence-corrected chi connectivity index (χ2v) is 6.99. The van der Waals surface area contributed by atoms with Crippen LogP contribution in [0.4, 0.5) is 6.01 Å². The molecule has 25 heavy (non-hydrogen) atoms. The number of anilines is 1. The fraction of sp³-hybridized carbons (Fsp3) is 0.167. The summed E-state index contributed by atoms with van der Waals surface area (Å²) >= 11 is 7.60. The molecule has 0 fully saturated rings. The Balaban J connectivity index is 1.62. The molecule has 0 spiro atoms. The minimum absolute atomic E-state index is 0.0770. The van der Waals surface area contributed by atoms with Gasteiger partial charge in [-0.15, -0.1) is 16.9 Å². The van der Waals surface area contributed by atoms with E-state index in [9.17, 15) is 4.79 Å². The molecule has 3 aromatic rings. The van der Waals surface area contributed by atoms with Crippen LogP contribution in [0.15, 0.2) is 57.8 Å². The van der Waals surface area contributed by atoms with Crippen molar-refractivity contribution < 1.29 is 9.21 Å². The van der Waals surface area contributed by atoms with Crippen molar-refractivity contribution in [3.8, 4) is 0 Å². The Labute approximate surface area is 154 Å². The predicted molar refractivity (Wildman–Crippen MR) is 99.3 cm³/mol. The lowest BCUT2D eigenvalue weighted by molar-refractivity contribution is 0.102. The van der Waals surface area contributed by atoms with Gasteiger partial charge in [0.1, 0.15) is 0 Å². The number of hydrogen-bond acceptors (Lipinski definition) is 5. The van der Waals surface area contributed by atoms with Crippen LogP contribution in [0.2, 0.25) is 5.02 Å². The summed E-state index contributed by atoms with van der Waals surface area (Å²) in [6.45, 7) is 2.12. The van der Waals surface area contributed by atoms with Crippen molar-refractivity contribution in [3.05, 3.63) is 70.6 Å². The van der Waals surface area contributed by atoms with Gasteiger partial charge in [0.2, 0.25) is 5.89 Å². The Morgan fingerprint density at radius 2 is 1.84 bits per heavy atom. The van der Waals surface area contributed by atoms with E-state index in [2.05, 4.69) is 34.6 Å². The summed E-state index contributed by atoms with van der Waals surface area (Å²) < 4.78 is 5.50. The van der Waals surface area contributed by atoms with Gasteiger partial charge in [-0.1, -0.05) is 35.8 Å². The number of amides is 1. The first-order chi connectivity index (χ1) is 12.1. The molecule has 0 aliphatic carbocycles. The Hall–Kier alpha value is -2.31. The lowest BCUT2D eigenvalue weighted by atomic mass is 10.1. The van der Waals surface area contributed by atoms with Gasteiger partial charge in [0, 0.05) is 15.5 Å². The molecule has 0 bridgehead atoms. The van der Waals surface area contributed by atoms with E-state index in [1.54, 1.807) is 36.0 Å². The first-order valence-corrected chi connectivity index (χ1v) is 9.11. The molecule has 2 aromatic carbocycles. The molecule has 1 heterocycles. The molecular formula is C18H16ClN3O2S. The molecule has 0 saturated heterocycles. The third kappa shape index (κ3) is 4.84. The van der Waals surface area contributed by atoms with Crippen LogP contribution in [0, 0.1) is 0 Å². The van der Waals surface area contributed by atoms with Gasteiger partial charge in [-0.05, 0) is 47.7 Å². The number of benzene rings is 2. The average molecular weight is 374 g/mol. The molecule has 0 saturated carbocycles. The minimum atomic E-state index is -0.326. The lowest BCUT2D eigenvalue weighted by Gasteiger charge is -2.01. The standard InChI is InChI=1S/C18H16ClN3O2S/c1-2-25-15-9-3-12(4-10-15)11-16-21-22-18(24-16)20-17(23)13-5-7-14(19)8-6-13/h3-10H,2,11H2,1H3,(H,20,22,23). The molecule has 1 amide bonds. The van der Waals surface area contributed by atoms with Crippen LogP contribution in [0.5, 0.6) is 0 Å². The molecular weight excluding hydrogens is 358 g/mol. The highest BCUT2D eigenvalue weighted by atomic mass is 35.5. The van der Waals surface area contributed by atoms with Gasteiger partial charge in [-0.2, -0.15) is 0 Å². The van der Waals surface area contributed by atoms with Crippen LogP contribution >= 0.6 is 23.4 Å². The van der Waals surface area contributed by atoms with Crippen molar-refractivity contribution in [3.63, 3.8) is 0 Å². The normalized spacial score (nSPS) is 10.6. The van der Waals surface area contributed by atoms with E-state index in [1.807, 2.05) is 12.1 Å². The van der Waals surface area contributed by atoms with Crippen molar-refractivity contribution in [1.29, 1.82) is 0 Å². The van der Waals surface area contributed by atoms with E-state index >= 15 is 0 Å². The molecule has 0 aliphatic rings. The number of rotatable bonds is 6. The van der Waals surface area contributed by atoms with Crippen molar-refractivity contribution in [1.82, 2.24) is 10.2 Å². The van der Waals surface area contributed by atoms with Crippen LogP contribution in [0.25, 0.3) is 0 Å². The summed E-state index contributed by atoms with van der Waals surface area (Å²) in [5, 5.41) is 11.0. The van der Waals surface area contributed by atoms with Crippen LogP contribution in [-0.4, -0.2) is 21.9 Å². The SMILES string of the molecule is CCSc1ccc(Cc2nnc(NC(=O)c3ccc(Cl)cc3)o2)cc1. The smallest absolute Gasteiger partial charge is 0.322 e. The first kappa shape index (κ1) is 17.5. The Morgan fingerprint density at radius 1 is 1.12 bits per heavy atom. The fourth-order valence-corrected chi connectivity index (χ4v) is 2.98. The van der Waals surface area contributed by atoms with Crippen molar-refractivity contribution in [2.75, 3.05) is 11.1 Å². The molecule has 5 nitrogen and oxygen atoms in total. The Morgan fingerprint density at radius 3 is 2.52 bits per heavy atom. The minimum Gasteiger partial charge on any atom is -0.407 e. The third-order valence-electron chi connectivity index (χ3n) is 3.38. The average Bonchev–Trinajstić information content (AvgIpc) is 3.04. The molecule has 0 radical (unpaired) electrons. The highest BCUT2D eigenvalue weighted by Crippen LogP contribution is 2.19. The van der Waals surface area contributed by atoms with Crippen molar-refractivity contribution >= 4 is 35.3 Å². The summed E-state index contributed by atoms with van der Waals surface area (Å²) in [5.41, 5.74) is 1.54. The number of nitrogens with one attached hydrogen (secondary N) is 1. The van der Waals surface area contributed by atoms with Gasteiger partial charge in [-0.25, -0.2) is 0 Å². The number of carbonyl (C=O) groups is 1. The first-order valence-electron chi connectivity index (χ1n) is 7.75. The largest absolute Gasteiger partial charge is 0.407 e. The van der Waals surface area contributed by atoms with Crippen molar-refractivity contribution in [2.45, 2.75) is 18.2 Å². The fourth-order valence-electron chi connectivity index (χ4n) is 2.19. The van der Waals surface area contributed by atoms with E-state index in [1.165, 1.54) is 4.90 Å².